The molecule has 1 amide bonds. The van der Waals surface area contributed by atoms with Gasteiger partial charge in [0, 0.05) is 11.6 Å². The molecule has 1 aromatic heterocycles. The SMILES string of the molecule is O=C(Nc1ccc(NC2CCCCC2)nn1)c1ccccc1. The highest BCUT2D eigenvalue weighted by Crippen LogP contribution is 2.20. The molecule has 1 aliphatic rings. The van der Waals surface area contributed by atoms with Crippen LogP contribution >= 0.6 is 0 Å². The van der Waals surface area contributed by atoms with Gasteiger partial charge in [0.1, 0.15) is 5.82 Å². The Bertz CT molecular complexity index is 606. The maximum atomic E-state index is 12.0. The lowest BCUT2D eigenvalue weighted by Crippen LogP contribution is -2.23. The zero-order chi connectivity index (χ0) is 15.2. The first-order chi connectivity index (χ1) is 10.8. The molecule has 0 spiro atoms. The number of amides is 1. The van der Waals surface area contributed by atoms with Gasteiger partial charge in [0.15, 0.2) is 5.82 Å². The van der Waals surface area contributed by atoms with Crippen LogP contribution in [0.2, 0.25) is 0 Å². The predicted octanol–water partition coefficient (Wildman–Crippen LogP) is 3.47. The molecular weight excluding hydrogens is 276 g/mol. The van der Waals surface area contributed by atoms with Crippen molar-refractivity contribution in [2.45, 2.75) is 38.1 Å². The molecule has 1 aromatic carbocycles. The predicted molar refractivity (Wildman–Crippen MR) is 86.9 cm³/mol. The maximum Gasteiger partial charge on any atom is 0.256 e. The van der Waals surface area contributed by atoms with Gasteiger partial charge in [-0.25, -0.2) is 0 Å². The molecule has 1 saturated carbocycles. The fourth-order valence-electron chi connectivity index (χ4n) is 2.71. The number of anilines is 2. The third-order valence-corrected chi connectivity index (χ3v) is 3.90. The molecule has 0 unspecified atom stereocenters. The summed E-state index contributed by atoms with van der Waals surface area (Å²) in [5.74, 6) is 1.05. The van der Waals surface area contributed by atoms with Crippen molar-refractivity contribution in [1.29, 1.82) is 0 Å². The van der Waals surface area contributed by atoms with Crippen LogP contribution in [0.3, 0.4) is 0 Å². The molecule has 3 rings (SSSR count). The summed E-state index contributed by atoms with van der Waals surface area (Å²) in [5.41, 5.74) is 0.605. The van der Waals surface area contributed by atoms with Crippen LogP contribution in [0.5, 0.6) is 0 Å². The third kappa shape index (κ3) is 3.81. The number of carbonyl (C=O) groups excluding carboxylic acids is 1. The van der Waals surface area contributed by atoms with E-state index in [-0.39, 0.29) is 5.91 Å². The van der Waals surface area contributed by atoms with E-state index >= 15 is 0 Å². The molecule has 0 atom stereocenters. The zero-order valence-electron chi connectivity index (χ0n) is 12.5. The number of hydrogen-bond donors (Lipinski definition) is 2. The first kappa shape index (κ1) is 14.5. The van der Waals surface area contributed by atoms with Gasteiger partial charge in [-0.15, -0.1) is 10.2 Å². The average Bonchev–Trinajstić information content (AvgIpc) is 2.58. The van der Waals surface area contributed by atoms with Crippen LogP contribution in [0.15, 0.2) is 42.5 Å². The van der Waals surface area contributed by atoms with Gasteiger partial charge in [0.25, 0.3) is 5.91 Å². The van der Waals surface area contributed by atoms with Crippen molar-refractivity contribution in [2.24, 2.45) is 0 Å². The second kappa shape index (κ2) is 7.02. The first-order valence-electron chi connectivity index (χ1n) is 7.78. The highest BCUT2D eigenvalue weighted by atomic mass is 16.1. The van der Waals surface area contributed by atoms with E-state index in [1.54, 1.807) is 18.2 Å². The lowest BCUT2D eigenvalue weighted by atomic mass is 9.95. The number of nitrogens with one attached hydrogen (secondary N) is 2. The molecular formula is C17H20N4O. The maximum absolute atomic E-state index is 12.0. The van der Waals surface area contributed by atoms with Gasteiger partial charge >= 0.3 is 0 Å². The van der Waals surface area contributed by atoms with E-state index in [1.165, 1.54) is 32.1 Å². The standard InChI is InChI=1S/C17H20N4O/c22-17(13-7-3-1-4-8-13)19-16-12-11-15(20-21-16)18-14-9-5-2-6-10-14/h1,3-4,7-8,11-12,14H,2,5-6,9-10H2,(H,18,20)(H,19,21,22). The molecule has 1 heterocycles. The van der Waals surface area contributed by atoms with E-state index in [0.717, 1.165) is 5.82 Å². The lowest BCUT2D eigenvalue weighted by molar-refractivity contribution is 0.102. The van der Waals surface area contributed by atoms with Crippen LogP contribution in [0.1, 0.15) is 42.5 Å². The summed E-state index contributed by atoms with van der Waals surface area (Å²) in [6.07, 6.45) is 6.25. The fourth-order valence-corrected chi connectivity index (χ4v) is 2.71. The lowest BCUT2D eigenvalue weighted by Gasteiger charge is -2.22. The Balaban J connectivity index is 1.58. The molecule has 114 valence electrons. The number of aromatic nitrogens is 2. The van der Waals surface area contributed by atoms with Crippen molar-refractivity contribution in [3.8, 4) is 0 Å². The molecule has 2 aromatic rings. The minimum Gasteiger partial charge on any atom is -0.366 e. The molecule has 5 heteroatoms. The number of nitrogens with zero attached hydrogens (tertiary/aromatic N) is 2. The summed E-state index contributed by atoms with van der Waals surface area (Å²) < 4.78 is 0. The van der Waals surface area contributed by atoms with Gasteiger partial charge in [-0.2, -0.15) is 0 Å². The van der Waals surface area contributed by atoms with Gasteiger partial charge in [0.2, 0.25) is 0 Å². The van der Waals surface area contributed by atoms with E-state index in [1.807, 2.05) is 24.3 Å². The fraction of sp³-hybridized carbons (Fsp3) is 0.353. The normalized spacial score (nSPS) is 15.3. The largest absolute Gasteiger partial charge is 0.366 e. The van der Waals surface area contributed by atoms with Crippen molar-refractivity contribution >= 4 is 17.5 Å². The average molecular weight is 296 g/mol. The van der Waals surface area contributed by atoms with E-state index in [4.69, 9.17) is 0 Å². The Morgan fingerprint density at radius 2 is 1.59 bits per heavy atom. The molecule has 1 fully saturated rings. The minimum atomic E-state index is -0.178. The summed E-state index contributed by atoms with van der Waals surface area (Å²) in [7, 11) is 0. The van der Waals surface area contributed by atoms with Crippen molar-refractivity contribution in [1.82, 2.24) is 10.2 Å². The number of carbonyl (C=O) groups is 1. The Kier molecular flexibility index (Phi) is 4.63. The Morgan fingerprint density at radius 1 is 0.909 bits per heavy atom. The molecule has 0 aliphatic heterocycles. The summed E-state index contributed by atoms with van der Waals surface area (Å²) in [6, 6.07) is 13.2. The second-order valence-corrected chi connectivity index (χ2v) is 5.60. The van der Waals surface area contributed by atoms with Crippen LogP contribution in [0, 0.1) is 0 Å². The van der Waals surface area contributed by atoms with Crippen LogP contribution in [0.4, 0.5) is 11.6 Å². The molecule has 0 radical (unpaired) electrons. The van der Waals surface area contributed by atoms with Gasteiger partial charge < -0.3 is 10.6 Å². The molecule has 2 N–H and O–H groups in total. The van der Waals surface area contributed by atoms with Crippen LogP contribution in [-0.4, -0.2) is 22.1 Å². The summed E-state index contributed by atoms with van der Waals surface area (Å²) in [4.78, 5) is 12.0. The molecule has 0 saturated heterocycles. The Hall–Kier alpha value is -2.43. The number of rotatable bonds is 4. The quantitative estimate of drug-likeness (QED) is 0.906. The van der Waals surface area contributed by atoms with E-state index < -0.39 is 0 Å². The van der Waals surface area contributed by atoms with E-state index in [9.17, 15) is 4.79 Å². The van der Waals surface area contributed by atoms with Crippen LogP contribution in [-0.2, 0) is 0 Å². The van der Waals surface area contributed by atoms with E-state index in [0.29, 0.717) is 17.4 Å². The topological polar surface area (TPSA) is 66.9 Å². The van der Waals surface area contributed by atoms with Gasteiger partial charge in [-0.1, -0.05) is 37.5 Å². The zero-order valence-corrected chi connectivity index (χ0v) is 12.5. The molecule has 5 nitrogen and oxygen atoms in total. The first-order valence-corrected chi connectivity index (χ1v) is 7.78. The smallest absolute Gasteiger partial charge is 0.256 e. The molecule has 1 aliphatic carbocycles. The third-order valence-electron chi connectivity index (χ3n) is 3.90. The van der Waals surface area contributed by atoms with E-state index in [2.05, 4.69) is 20.8 Å². The summed E-state index contributed by atoms with van der Waals surface area (Å²) in [6.45, 7) is 0. The number of benzene rings is 1. The Labute approximate surface area is 130 Å². The van der Waals surface area contributed by atoms with Gasteiger partial charge in [0.05, 0.1) is 0 Å². The Morgan fingerprint density at radius 3 is 2.27 bits per heavy atom. The monoisotopic (exact) mass is 296 g/mol. The molecule has 22 heavy (non-hydrogen) atoms. The van der Waals surface area contributed by atoms with Gasteiger partial charge in [-0.05, 0) is 37.1 Å². The van der Waals surface area contributed by atoms with Gasteiger partial charge in [-0.3, -0.25) is 4.79 Å². The highest BCUT2D eigenvalue weighted by molar-refractivity contribution is 6.03. The van der Waals surface area contributed by atoms with Crippen molar-refractivity contribution in [3.63, 3.8) is 0 Å². The number of hydrogen-bond acceptors (Lipinski definition) is 4. The summed E-state index contributed by atoms with van der Waals surface area (Å²) in [5, 5.41) is 14.4. The van der Waals surface area contributed by atoms with Crippen molar-refractivity contribution < 1.29 is 4.79 Å². The highest BCUT2D eigenvalue weighted by Gasteiger charge is 2.13. The van der Waals surface area contributed by atoms with Crippen molar-refractivity contribution in [3.05, 3.63) is 48.0 Å². The van der Waals surface area contributed by atoms with Crippen LogP contribution in [0.25, 0.3) is 0 Å². The van der Waals surface area contributed by atoms with Crippen molar-refractivity contribution in [2.75, 3.05) is 10.6 Å². The summed E-state index contributed by atoms with van der Waals surface area (Å²) >= 11 is 0. The minimum absolute atomic E-state index is 0.178. The van der Waals surface area contributed by atoms with Crippen LogP contribution < -0.4 is 10.6 Å². The second-order valence-electron chi connectivity index (χ2n) is 5.60. The molecule has 0 bridgehead atoms.